The number of nitrogens with zero attached hydrogens (tertiary/aromatic N) is 4. The summed E-state index contributed by atoms with van der Waals surface area (Å²) < 4.78 is 19.6. The first-order valence-corrected chi connectivity index (χ1v) is 9.95. The van der Waals surface area contributed by atoms with Gasteiger partial charge in [0.15, 0.2) is 5.82 Å². The van der Waals surface area contributed by atoms with Gasteiger partial charge in [-0.1, -0.05) is 6.07 Å². The Morgan fingerprint density at radius 2 is 2.03 bits per heavy atom. The van der Waals surface area contributed by atoms with Crippen molar-refractivity contribution in [2.45, 2.75) is 31.7 Å². The van der Waals surface area contributed by atoms with E-state index in [4.69, 9.17) is 10.5 Å². The SMILES string of the molecule is NC(=O)[C@H]1CC[C@H](Nc2ncc(F)c(-c3cccc(N4CCOCC4=O)n3)n2)CC1. The van der Waals surface area contributed by atoms with Crippen LogP contribution in [0, 0.1) is 11.7 Å². The van der Waals surface area contributed by atoms with Gasteiger partial charge in [-0.05, 0) is 37.8 Å². The van der Waals surface area contributed by atoms with Gasteiger partial charge in [-0.2, -0.15) is 0 Å². The molecule has 1 saturated heterocycles. The van der Waals surface area contributed by atoms with Crippen LogP contribution < -0.4 is 16.0 Å². The fraction of sp³-hybridized carbons (Fsp3) is 0.450. The van der Waals surface area contributed by atoms with E-state index in [1.165, 1.54) is 4.90 Å². The van der Waals surface area contributed by atoms with E-state index < -0.39 is 5.82 Å². The number of aromatic nitrogens is 3. The molecule has 2 aromatic heterocycles. The second kappa shape index (κ2) is 8.70. The predicted molar refractivity (Wildman–Crippen MR) is 107 cm³/mol. The summed E-state index contributed by atoms with van der Waals surface area (Å²) in [6.07, 6.45) is 4.04. The number of morpholine rings is 1. The minimum Gasteiger partial charge on any atom is -0.370 e. The van der Waals surface area contributed by atoms with Crippen molar-refractivity contribution in [3.05, 3.63) is 30.2 Å². The number of carbonyl (C=O) groups excluding carboxylic acids is 2. The number of primary amides is 1. The molecule has 10 heteroatoms. The van der Waals surface area contributed by atoms with Gasteiger partial charge in [0.1, 0.15) is 18.1 Å². The second-order valence-corrected chi connectivity index (χ2v) is 7.46. The van der Waals surface area contributed by atoms with Gasteiger partial charge in [0, 0.05) is 12.0 Å². The summed E-state index contributed by atoms with van der Waals surface area (Å²) in [5, 5.41) is 3.21. The van der Waals surface area contributed by atoms with Crippen molar-refractivity contribution in [2.24, 2.45) is 11.7 Å². The fourth-order valence-electron chi connectivity index (χ4n) is 3.79. The van der Waals surface area contributed by atoms with Crippen molar-refractivity contribution in [3.63, 3.8) is 0 Å². The monoisotopic (exact) mass is 414 g/mol. The van der Waals surface area contributed by atoms with Gasteiger partial charge in [0.2, 0.25) is 11.9 Å². The summed E-state index contributed by atoms with van der Waals surface area (Å²) in [6, 6.07) is 5.13. The molecule has 0 aromatic carbocycles. The fourth-order valence-corrected chi connectivity index (χ4v) is 3.79. The highest BCUT2D eigenvalue weighted by Gasteiger charge is 2.26. The van der Waals surface area contributed by atoms with E-state index in [1.807, 2.05) is 0 Å². The van der Waals surface area contributed by atoms with E-state index in [0.29, 0.717) is 43.5 Å². The van der Waals surface area contributed by atoms with Gasteiger partial charge in [-0.3, -0.25) is 14.5 Å². The summed E-state index contributed by atoms with van der Waals surface area (Å²) in [5.41, 5.74) is 5.75. The number of nitrogens with one attached hydrogen (secondary N) is 1. The van der Waals surface area contributed by atoms with Crippen LogP contribution in [0.1, 0.15) is 25.7 Å². The number of nitrogens with two attached hydrogens (primary N) is 1. The zero-order valence-corrected chi connectivity index (χ0v) is 16.4. The molecule has 2 fully saturated rings. The molecule has 30 heavy (non-hydrogen) atoms. The largest absolute Gasteiger partial charge is 0.370 e. The lowest BCUT2D eigenvalue weighted by Gasteiger charge is -2.27. The lowest BCUT2D eigenvalue weighted by molar-refractivity contribution is -0.125. The molecule has 9 nitrogen and oxygen atoms in total. The van der Waals surface area contributed by atoms with E-state index in [1.54, 1.807) is 18.2 Å². The molecule has 4 rings (SSSR count). The number of hydrogen-bond acceptors (Lipinski definition) is 7. The van der Waals surface area contributed by atoms with Crippen LogP contribution in [0.2, 0.25) is 0 Å². The first kappa shape index (κ1) is 20.1. The Morgan fingerprint density at radius 1 is 1.23 bits per heavy atom. The third-order valence-corrected chi connectivity index (χ3v) is 5.45. The van der Waals surface area contributed by atoms with Crippen molar-refractivity contribution < 1.29 is 18.7 Å². The number of hydrogen-bond donors (Lipinski definition) is 2. The molecule has 2 aliphatic rings. The number of anilines is 2. The van der Waals surface area contributed by atoms with E-state index in [2.05, 4.69) is 20.3 Å². The molecule has 0 unspecified atom stereocenters. The van der Waals surface area contributed by atoms with Crippen LogP contribution in [-0.4, -0.2) is 52.6 Å². The molecule has 1 aliphatic carbocycles. The highest BCUT2D eigenvalue weighted by molar-refractivity contribution is 5.94. The normalized spacial score (nSPS) is 22.0. The van der Waals surface area contributed by atoms with Crippen LogP contribution in [0.5, 0.6) is 0 Å². The lowest BCUT2D eigenvalue weighted by Crippen LogP contribution is -2.42. The predicted octanol–water partition coefficient (Wildman–Crippen LogP) is 1.50. The number of pyridine rings is 1. The average Bonchev–Trinajstić information content (AvgIpc) is 2.76. The molecule has 158 valence electrons. The first-order valence-electron chi connectivity index (χ1n) is 9.95. The smallest absolute Gasteiger partial charge is 0.254 e. The van der Waals surface area contributed by atoms with Gasteiger partial charge >= 0.3 is 0 Å². The van der Waals surface area contributed by atoms with Crippen LogP contribution >= 0.6 is 0 Å². The standard InChI is InChI=1S/C20H23FN6O3/c21-14-10-23-20(24-13-6-4-12(5-7-13)19(22)29)26-18(14)15-2-1-3-16(25-15)27-8-9-30-11-17(27)28/h1-3,10,12-13H,4-9,11H2,(H2,22,29)(H,23,24,26)/t12-,13-. The van der Waals surface area contributed by atoms with Crippen LogP contribution in [0.3, 0.4) is 0 Å². The van der Waals surface area contributed by atoms with E-state index in [9.17, 15) is 14.0 Å². The first-order chi connectivity index (χ1) is 14.5. The van der Waals surface area contributed by atoms with Crippen molar-refractivity contribution in [2.75, 3.05) is 30.0 Å². The number of ether oxygens (including phenoxy) is 1. The summed E-state index contributed by atoms with van der Waals surface area (Å²) in [7, 11) is 0. The molecule has 0 bridgehead atoms. The van der Waals surface area contributed by atoms with E-state index >= 15 is 0 Å². The van der Waals surface area contributed by atoms with Gasteiger partial charge in [0.05, 0.1) is 25.0 Å². The molecule has 0 radical (unpaired) electrons. The number of carbonyl (C=O) groups is 2. The van der Waals surface area contributed by atoms with Gasteiger partial charge in [-0.15, -0.1) is 0 Å². The molecule has 0 spiro atoms. The molecule has 3 heterocycles. The molecular weight excluding hydrogens is 391 g/mol. The Kier molecular flexibility index (Phi) is 5.84. The summed E-state index contributed by atoms with van der Waals surface area (Å²) in [6.45, 7) is 0.813. The quantitative estimate of drug-likeness (QED) is 0.760. The molecule has 3 N–H and O–H groups in total. The van der Waals surface area contributed by atoms with Crippen molar-refractivity contribution >= 4 is 23.6 Å². The van der Waals surface area contributed by atoms with Crippen molar-refractivity contribution in [1.82, 2.24) is 15.0 Å². The van der Waals surface area contributed by atoms with E-state index in [-0.39, 0.29) is 36.1 Å². The molecule has 1 aliphatic heterocycles. The van der Waals surface area contributed by atoms with Crippen LogP contribution in [0.4, 0.5) is 16.2 Å². The topological polar surface area (TPSA) is 123 Å². The second-order valence-electron chi connectivity index (χ2n) is 7.46. The van der Waals surface area contributed by atoms with Gasteiger partial charge < -0.3 is 15.8 Å². The molecule has 1 saturated carbocycles. The molecule has 2 aromatic rings. The minimum absolute atomic E-state index is 0.000156. The molecular formula is C20H23FN6O3. The summed E-state index contributed by atoms with van der Waals surface area (Å²) in [5.74, 6) is -0.429. The maximum Gasteiger partial charge on any atom is 0.254 e. The number of halogens is 1. The zero-order chi connectivity index (χ0) is 21.1. The maximum atomic E-state index is 14.5. The third kappa shape index (κ3) is 4.38. The Morgan fingerprint density at radius 3 is 2.77 bits per heavy atom. The van der Waals surface area contributed by atoms with Crippen LogP contribution in [-0.2, 0) is 14.3 Å². The van der Waals surface area contributed by atoms with Crippen molar-refractivity contribution in [3.8, 4) is 11.4 Å². The van der Waals surface area contributed by atoms with E-state index in [0.717, 1.165) is 19.0 Å². The molecule has 0 atom stereocenters. The highest BCUT2D eigenvalue weighted by atomic mass is 19.1. The Labute approximate surface area is 172 Å². The van der Waals surface area contributed by atoms with Gasteiger partial charge in [0.25, 0.3) is 5.91 Å². The molecule has 2 amide bonds. The maximum absolute atomic E-state index is 14.5. The lowest BCUT2D eigenvalue weighted by atomic mass is 9.86. The zero-order valence-electron chi connectivity index (χ0n) is 16.4. The summed E-state index contributed by atoms with van der Waals surface area (Å²) in [4.78, 5) is 37.7. The summed E-state index contributed by atoms with van der Waals surface area (Å²) >= 11 is 0. The van der Waals surface area contributed by atoms with Gasteiger partial charge in [-0.25, -0.2) is 19.3 Å². The average molecular weight is 414 g/mol. The van der Waals surface area contributed by atoms with Crippen LogP contribution in [0.15, 0.2) is 24.4 Å². The third-order valence-electron chi connectivity index (χ3n) is 5.45. The number of rotatable bonds is 5. The minimum atomic E-state index is -0.601. The Bertz CT molecular complexity index is 948. The highest BCUT2D eigenvalue weighted by Crippen LogP contribution is 2.27. The number of amides is 2. The van der Waals surface area contributed by atoms with Crippen LogP contribution in [0.25, 0.3) is 11.4 Å². The Balaban J connectivity index is 1.52. The Hall–Kier alpha value is -3.14. The van der Waals surface area contributed by atoms with Crippen molar-refractivity contribution in [1.29, 1.82) is 0 Å².